The quantitative estimate of drug-likeness (QED) is 0.705. The van der Waals surface area contributed by atoms with Crippen LogP contribution < -0.4 is 10.6 Å². The van der Waals surface area contributed by atoms with Gasteiger partial charge < -0.3 is 20.5 Å². The van der Waals surface area contributed by atoms with Crippen molar-refractivity contribution < 1.29 is 19.4 Å². The predicted molar refractivity (Wildman–Crippen MR) is 66.4 cm³/mol. The van der Waals surface area contributed by atoms with Crippen LogP contribution in [0.25, 0.3) is 0 Å². The minimum Gasteiger partial charge on any atom is -0.481 e. The third-order valence-electron chi connectivity index (χ3n) is 2.68. The highest BCUT2D eigenvalue weighted by Crippen LogP contribution is 2.13. The van der Waals surface area contributed by atoms with Gasteiger partial charge in [0.25, 0.3) is 0 Å². The SMILES string of the molecule is CC(C)(C)OC(=O)N[C@@H]1CCCN[C@H]1CC(=O)O. The molecule has 3 N–H and O–H groups in total. The van der Waals surface area contributed by atoms with E-state index in [0.29, 0.717) is 0 Å². The molecule has 0 aromatic heterocycles. The van der Waals surface area contributed by atoms with Gasteiger partial charge in [0.15, 0.2) is 0 Å². The molecular formula is C12H22N2O4. The Hall–Kier alpha value is -1.30. The van der Waals surface area contributed by atoms with E-state index >= 15 is 0 Å². The number of hydrogen-bond donors (Lipinski definition) is 3. The van der Waals surface area contributed by atoms with E-state index in [4.69, 9.17) is 9.84 Å². The molecule has 1 saturated heterocycles. The zero-order chi connectivity index (χ0) is 13.8. The summed E-state index contributed by atoms with van der Waals surface area (Å²) in [4.78, 5) is 22.4. The average Bonchev–Trinajstić information content (AvgIpc) is 2.17. The van der Waals surface area contributed by atoms with Gasteiger partial charge in [-0.25, -0.2) is 4.79 Å². The molecule has 18 heavy (non-hydrogen) atoms. The third kappa shape index (κ3) is 5.35. The van der Waals surface area contributed by atoms with Crippen molar-refractivity contribution in [2.75, 3.05) is 6.54 Å². The van der Waals surface area contributed by atoms with Gasteiger partial charge in [-0.3, -0.25) is 4.79 Å². The summed E-state index contributed by atoms with van der Waals surface area (Å²) in [5, 5.41) is 14.7. The number of ether oxygens (including phenoxy) is 1. The first-order valence-corrected chi connectivity index (χ1v) is 6.22. The van der Waals surface area contributed by atoms with Crippen molar-refractivity contribution in [3.05, 3.63) is 0 Å². The molecule has 0 spiro atoms. The summed E-state index contributed by atoms with van der Waals surface area (Å²) < 4.78 is 5.17. The number of hydrogen-bond acceptors (Lipinski definition) is 4. The maximum atomic E-state index is 11.6. The monoisotopic (exact) mass is 258 g/mol. The van der Waals surface area contributed by atoms with Gasteiger partial charge in [-0.15, -0.1) is 0 Å². The number of carbonyl (C=O) groups is 2. The Morgan fingerprint density at radius 1 is 1.44 bits per heavy atom. The molecule has 1 fully saturated rings. The smallest absolute Gasteiger partial charge is 0.407 e. The van der Waals surface area contributed by atoms with Crippen LogP contribution in [-0.4, -0.2) is 41.4 Å². The minimum absolute atomic E-state index is 0.000461. The van der Waals surface area contributed by atoms with Gasteiger partial charge >= 0.3 is 12.1 Å². The first-order chi connectivity index (χ1) is 8.28. The molecule has 1 aliphatic rings. The Balaban J connectivity index is 2.51. The Morgan fingerprint density at radius 2 is 2.11 bits per heavy atom. The van der Waals surface area contributed by atoms with Crippen molar-refractivity contribution >= 4 is 12.1 Å². The predicted octanol–water partition coefficient (Wildman–Crippen LogP) is 1.11. The van der Waals surface area contributed by atoms with Crippen LogP contribution in [0.1, 0.15) is 40.0 Å². The highest BCUT2D eigenvalue weighted by molar-refractivity contribution is 5.70. The molecule has 0 unspecified atom stereocenters. The summed E-state index contributed by atoms with van der Waals surface area (Å²) in [6.45, 7) is 6.16. The van der Waals surface area contributed by atoms with Crippen molar-refractivity contribution in [2.24, 2.45) is 0 Å². The highest BCUT2D eigenvalue weighted by Gasteiger charge is 2.29. The van der Waals surface area contributed by atoms with Gasteiger partial charge in [0.05, 0.1) is 6.42 Å². The second kappa shape index (κ2) is 6.04. The maximum absolute atomic E-state index is 11.6. The molecule has 1 rings (SSSR count). The molecule has 0 aromatic carbocycles. The van der Waals surface area contributed by atoms with E-state index in [9.17, 15) is 9.59 Å². The molecule has 1 amide bonds. The number of carbonyl (C=O) groups excluding carboxylic acids is 1. The van der Waals surface area contributed by atoms with E-state index in [1.165, 1.54) is 0 Å². The van der Waals surface area contributed by atoms with E-state index < -0.39 is 17.7 Å². The fourth-order valence-electron chi connectivity index (χ4n) is 1.99. The zero-order valence-corrected chi connectivity index (χ0v) is 11.2. The van der Waals surface area contributed by atoms with Crippen LogP contribution in [0.15, 0.2) is 0 Å². The number of carboxylic acids is 1. The summed E-state index contributed by atoms with van der Waals surface area (Å²) in [6.07, 6.45) is 1.19. The Labute approximate surface area is 107 Å². The molecule has 0 aliphatic carbocycles. The van der Waals surface area contributed by atoms with Gasteiger partial charge in [-0.1, -0.05) is 0 Å². The molecule has 1 aliphatic heterocycles. The number of piperidine rings is 1. The molecule has 0 radical (unpaired) electrons. The van der Waals surface area contributed by atoms with Gasteiger partial charge in [0.1, 0.15) is 5.60 Å². The molecule has 6 heteroatoms. The van der Waals surface area contributed by atoms with Crippen molar-refractivity contribution in [1.82, 2.24) is 10.6 Å². The van der Waals surface area contributed by atoms with E-state index in [0.717, 1.165) is 19.4 Å². The Bertz CT molecular complexity index is 312. The van der Waals surface area contributed by atoms with Crippen LogP contribution in [0.4, 0.5) is 4.79 Å². The average molecular weight is 258 g/mol. The number of amides is 1. The highest BCUT2D eigenvalue weighted by atomic mass is 16.6. The lowest BCUT2D eigenvalue weighted by molar-refractivity contribution is -0.137. The van der Waals surface area contributed by atoms with E-state index in [2.05, 4.69) is 10.6 Å². The number of aliphatic carboxylic acids is 1. The normalized spacial score (nSPS) is 24.4. The zero-order valence-electron chi connectivity index (χ0n) is 11.2. The van der Waals surface area contributed by atoms with Crippen molar-refractivity contribution in [3.63, 3.8) is 0 Å². The topological polar surface area (TPSA) is 87.7 Å². The number of alkyl carbamates (subject to hydrolysis) is 1. The van der Waals surface area contributed by atoms with E-state index in [1.54, 1.807) is 20.8 Å². The van der Waals surface area contributed by atoms with Crippen molar-refractivity contribution in [3.8, 4) is 0 Å². The minimum atomic E-state index is -0.870. The summed E-state index contributed by atoms with van der Waals surface area (Å²) in [5.74, 6) is -0.870. The molecular weight excluding hydrogens is 236 g/mol. The fraction of sp³-hybridized carbons (Fsp3) is 0.833. The molecule has 104 valence electrons. The molecule has 2 atom stereocenters. The van der Waals surface area contributed by atoms with E-state index in [1.807, 2.05) is 0 Å². The lowest BCUT2D eigenvalue weighted by Gasteiger charge is -2.33. The lowest BCUT2D eigenvalue weighted by atomic mass is 9.96. The number of rotatable bonds is 3. The van der Waals surface area contributed by atoms with Crippen molar-refractivity contribution in [1.29, 1.82) is 0 Å². The second-order valence-corrected chi connectivity index (χ2v) is 5.55. The fourth-order valence-corrected chi connectivity index (χ4v) is 1.99. The van der Waals surface area contributed by atoms with Gasteiger partial charge in [0, 0.05) is 12.1 Å². The largest absolute Gasteiger partial charge is 0.481 e. The summed E-state index contributed by atoms with van der Waals surface area (Å²) in [5.41, 5.74) is -0.547. The second-order valence-electron chi connectivity index (χ2n) is 5.55. The van der Waals surface area contributed by atoms with Crippen LogP contribution in [-0.2, 0) is 9.53 Å². The Morgan fingerprint density at radius 3 is 2.67 bits per heavy atom. The van der Waals surface area contributed by atoms with Crippen LogP contribution in [0.5, 0.6) is 0 Å². The third-order valence-corrected chi connectivity index (χ3v) is 2.68. The van der Waals surface area contributed by atoms with Crippen LogP contribution in [0, 0.1) is 0 Å². The maximum Gasteiger partial charge on any atom is 0.407 e. The van der Waals surface area contributed by atoms with E-state index in [-0.39, 0.29) is 18.5 Å². The summed E-state index contributed by atoms with van der Waals surface area (Å²) in [7, 11) is 0. The first kappa shape index (κ1) is 14.8. The van der Waals surface area contributed by atoms with Gasteiger partial charge in [0.2, 0.25) is 0 Å². The van der Waals surface area contributed by atoms with Crippen LogP contribution in [0.3, 0.4) is 0 Å². The Kier molecular flexibility index (Phi) is 4.95. The molecule has 1 heterocycles. The molecule has 0 bridgehead atoms. The molecule has 6 nitrogen and oxygen atoms in total. The van der Waals surface area contributed by atoms with Crippen LogP contribution >= 0.6 is 0 Å². The standard InChI is InChI=1S/C12H22N2O4/c1-12(2,3)18-11(17)14-8-5-4-6-13-9(8)7-10(15)16/h8-9,13H,4-7H2,1-3H3,(H,14,17)(H,15,16)/t8-,9+/m1/s1. The number of carboxylic acid groups (broad SMARTS) is 1. The van der Waals surface area contributed by atoms with Crippen LogP contribution in [0.2, 0.25) is 0 Å². The van der Waals surface area contributed by atoms with Gasteiger partial charge in [-0.2, -0.15) is 0 Å². The molecule has 0 saturated carbocycles. The summed E-state index contributed by atoms with van der Waals surface area (Å²) in [6, 6.07) is -0.423. The lowest BCUT2D eigenvalue weighted by Crippen LogP contribution is -2.54. The van der Waals surface area contributed by atoms with Gasteiger partial charge in [-0.05, 0) is 40.2 Å². The first-order valence-electron chi connectivity index (χ1n) is 6.22. The molecule has 0 aromatic rings. The van der Waals surface area contributed by atoms with Crippen molar-refractivity contribution in [2.45, 2.75) is 57.7 Å². The number of nitrogens with one attached hydrogen (secondary N) is 2. The summed E-state index contributed by atoms with van der Waals surface area (Å²) >= 11 is 0.